The topological polar surface area (TPSA) is 34.2 Å². The Hall–Kier alpha value is -2.31. The Balaban J connectivity index is 1.29. The standard InChI is InChI=1S/C24H31FN2O3/c1-26(15-19-12-22(28-2)24-23(13-19)29-17-30-24)14-18-6-5-10-27(16-18)11-9-20-7-3-4-8-21(20)25/h3-4,7-8,12-13,18H,5-6,9-11,14-17H2,1-2H3/t18-/m1/s1. The third-order valence-corrected chi connectivity index (χ3v) is 6.00. The molecule has 4 rings (SSSR count). The maximum Gasteiger partial charge on any atom is 0.231 e. The Kier molecular flexibility index (Phi) is 6.75. The third kappa shape index (κ3) is 5.05. The van der Waals surface area contributed by atoms with E-state index in [1.165, 1.54) is 12.8 Å². The molecule has 162 valence electrons. The number of halogens is 1. The first-order valence-corrected chi connectivity index (χ1v) is 10.7. The van der Waals surface area contributed by atoms with Gasteiger partial charge in [0.15, 0.2) is 11.5 Å². The lowest BCUT2D eigenvalue weighted by molar-refractivity contribution is 0.142. The van der Waals surface area contributed by atoms with E-state index in [2.05, 4.69) is 16.8 Å². The number of fused-ring (bicyclic) bond motifs is 1. The van der Waals surface area contributed by atoms with Gasteiger partial charge in [-0.2, -0.15) is 0 Å². The number of hydrogen-bond donors (Lipinski definition) is 0. The summed E-state index contributed by atoms with van der Waals surface area (Å²) in [4.78, 5) is 4.85. The summed E-state index contributed by atoms with van der Waals surface area (Å²) in [6, 6.07) is 11.2. The molecule has 1 atom stereocenters. The van der Waals surface area contributed by atoms with E-state index in [0.29, 0.717) is 11.7 Å². The van der Waals surface area contributed by atoms with E-state index in [0.717, 1.165) is 61.8 Å². The zero-order valence-electron chi connectivity index (χ0n) is 17.9. The quantitative estimate of drug-likeness (QED) is 0.653. The van der Waals surface area contributed by atoms with Gasteiger partial charge in [-0.3, -0.25) is 0 Å². The first-order valence-electron chi connectivity index (χ1n) is 10.7. The molecule has 1 fully saturated rings. The van der Waals surface area contributed by atoms with Crippen LogP contribution in [-0.4, -0.2) is 56.9 Å². The summed E-state index contributed by atoms with van der Waals surface area (Å²) >= 11 is 0. The van der Waals surface area contributed by atoms with Gasteiger partial charge in [-0.15, -0.1) is 0 Å². The maximum absolute atomic E-state index is 13.9. The second-order valence-corrected chi connectivity index (χ2v) is 8.38. The maximum atomic E-state index is 13.9. The number of rotatable bonds is 8. The van der Waals surface area contributed by atoms with Crippen molar-refractivity contribution in [1.29, 1.82) is 0 Å². The molecule has 2 heterocycles. The van der Waals surface area contributed by atoms with Crippen LogP contribution in [0.15, 0.2) is 36.4 Å². The highest BCUT2D eigenvalue weighted by atomic mass is 19.1. The highest BCUT2D eigenvalue weighted by Gasteiger charge is 2.23. The molecule has 0 spiro atoms. The molecule has 2 aromatic carbocycles. The van der Waals surface area contributed by atoms with Crippen molar-refractivity contribution in [3.63, 3.8) is 0 Å². The van der Waals surface area contributed by atoms with Crippen LogP contribution in [0.25, 0.3) is 0 Å². The minimum absolute atomic E-state index is 0.0926. The molecular formula is C24H31FN2O3. The molecule has 2 aliphatic heterocycles. The van der Waals surface area contributed by atoms with Crippen molar-refractivity contribution < 1.29 is 18.6 Å². The highest BCUT2D eigenvalue weighted by Crippen LogP contribution is 2.42. The van der Waals surface area contributed by atoms with E-state index in [9.17, 15) is 4.39 Å². The summed E-state index contributed by atoms with van der Waals surface area (Å²) < 4.78 is 30.4. The monoisotopic (exact) mass is 414 g/mol. The SMILES string of the molecule is COc1cc(CN(C)C[C@H]2CCCN(CCc3ccccc3F)C2)cc2c1OCO2. The molecule has 0 saturated carbocycles. The van der Waals surface area contributed by atoms with E-state index in [1.807, 2.05) is 24.3 Å². The number of methoxy groups -OCH3 is 1. The molecule has 0 amide bonds. The number of piperidine rings is 1. The Bertz CT molecular complexity index is 860. The van der Waals surface area contributed by atoms with Crippen LogP contribution in [-0.2, 0) is 13.0 Å². The van der Waals surface area contributed by atoms with Gasteiger partial charge in [0, 0.05) is 26.2 Å². The fourth-order valence-electron chi connectivity index (χ4n) is 4.58. The number of benzene rings is 2. The normalized spacial score (nSPS) is 18.7. The largest absolute Gasteiger partial charge is 0.493 e. The Morgan fingerprint density at radius 1 is 1.23 bits per heavy atom. The van der Waals surface area contributed by atoms with Crippen LogP contribution in [0.3, 0.4) is 0 Å². The molecule has 30 heavy (non-hydrogen) atoms. The van der Waals surface area contributed by atoms with Gasteiger partial charge in [0.05, 0.1) is 7.11 Å². The van der Waals surface area contributed by atoms with Crippen molar-refractivity contribution in [3.8, 4) is 17.2 Å². The number of nitrogens with zero attached hydrogens (tertiary/aromatic N) is 2. The van der Waals surface area contributed by atoms with Gasteiger partial charge in [0.2, 0.25) is 12.5 Å². The number of likely N-dealkylation sites (tertiary alicyclic amines) is 1. The minimum atomic E-state index is -0.0926. The Morgan fingerprint density at radius 2 is 2.10 bits per heavy atom. The fraction of sp³-hybridized carbons (Fsp3) is 0.500. The summed E-state index contributed by atoms with van der Waals surface area (Å²) in [5.74, 6) is 2.71. The van der Waals surface area contributed by atoms with Crippen LogP contribution in [0.2, 0.25) is 0 Å². The molecule has 2 aromatic rings. The average molecular weight is 415 g/mol. The second-order valence-electron chi connectivity index (χ2n) is 8.38. The summed E-state index contributed by atoms with van der Waals surface area (Å²) in [6.07, 6.45) is 3.21. The van der Waals surface area contributed by atoms with E-state index in [1.54, 1.807) is 19.2 Å². The lowest BCUT2D eigenvalue weighted by Crippen LogP contribution is -2.40. The molecule has 0 N–H and O–H groups in total. The van der Waals surface area contributed by atoms with Gasteiger partial charge in [-0.05, 0) is 68.1 Å². The summed E-state index contributed by atoms with van der Waals surface area (Å²) in [5, 5.41) is 0. The van der Waals surface area contributed by atoms with Crippen molar-refractivity contribution in [2.45, 2.75) is 25.8 Å². The van der Waals surface area contributed by atoms with Crippen LogP contribution < -0.4 is 14.2 Å². The van der Waals surface area contributed by atoms with Crippen molar-refractivity contribution >= 4 is 0 Å². The predicted molar refractivity (Wildman–Crippen MR) is 115 cm³/mol. The van der Waals surface area contributed by atoms with E-state index >= 15 is 0 Å². The van der Waals surface area contributed by atoms with Gasteiger partial charge in [-0.1, -0.05) is 18.2 Å². The first-order chi connectivity index (χ1) is 14.6. The lowest BCUT2D eigenvalue weighted by atomic mass is 9.97. The molecule has 0 unspecified atom stereocenters. The van der Waals surface area contributed by atoms with Crippen LogP contribution in [0, 0.1) is 11.7 Å². The molecule has 0 aromatic heterocycles. The zero-order chi connectivity index (χ0) is 20.9. The van der Waals surface area contributed by atoms with Crippen molar-refractivity contribution in [2.24, 2.45) is 5.92 Å². The summed E-state index contributed by atoms with van der Waals surface area (Å²) in [7, 11) is 3.82. The predicted octanol–water partition coefficient (Wildman–Crippen LogP) is 3.95. The van der Waals surface area contributed by atoms with Gasteiger partial charge < -0.3 is 24.0 Å². The second kappa shape index (κ2) is 9.67. The van der Waals surface area contributed by atoms with Gasteiger partial charge in [0.25, 0.3) is 0 Å². The highest BCUT2D eigenvalue weighted by molar-refractivity contribution is 5.55. The fourth-order valence-corrected chi connectivity index (χ4v) is 4.58. The molecular weight excluding hydrogens is 383 g/mol. The molecule has 0 aliphatic carbocycles. The van der Waals surface area contributed by atoms with Gasteiger partial charge >= 0.3 is 0 Å². The zero-order valence-corrected chi connectivity index (χ0v) is 17.9. The smallest absolute Gasteiger partial charge is 0.231 e. The van der Waals surface area contributed by atoms with Crippen molar-refractivity contribution in [3.05, 3.63) is 53.3 Å². The van der Waals surface area contributed by atoms with E-state index < -0.39 is 0 Å². The van der Waals surface area contributed by atoms with Crippen LogP contribution >= 0.6 is 0 Å². The molecule has 5 nitrogen and oxygen atoms in total. The Labute approximate surface area is 178 Å². The molecule has 2 aliphatic rings. The van der Waals surface area contributed by atoms with Crippen LogP contribution in [0.4, 0.5) is 4.39 Å². The Morgan fingerprint density at radius 3 is 2.93 bits per heavy atom. The first kappa shape index (κ1) is 20.9. The van der Waals surface area contributed by atoms with E-state index in [4.69, 9.17) is 14.2 Å². The van der Waals surface area contributed by atoms with Crippen molar-refractivity contribution in [1.82, 2.24) is 9.80 Å². The molecule has 1 saturated heterocycles. The third-order valence-electron chi connectivity index (χ3n) is 6.00. The summed E-state index contributed by atoms with van der Waals surface area (Å²) in [5.41, 5.74) is 1.97. The van der Waals surface area contributed by atoms with Gasteiger partial charge in [-0.25, -0.2) is 4.39 Å². The molecule has 0 radical (unpaired) electrons. The summed E-state index contributed by atoms with van der Waals surface area (Å²) in [6.45, 7) is 5.21. The number of hydrogen-bond acceptors (Lipinski definition) is 5. The van der Waals surface area contributed by atoms with Gasteiger partial charge in [0.1, 0.15) is 5.82 Å². The average Bonchev–Trinajstić information content (AvgIpc) is 3.21. The van der Waals surface area contributed by atoms with E-state index in [-0.39, 0.29) is 12.6 Å². The van der Waals surface area contributed by atoms with Crippen LogP contribution in [0.1, 0.15) is 24.0 Å². The molecule has 6 heteroatoms. The lowest BCUT2D eigenvalue weighted by Gasteiger charge is -2.34. The van der Waals surface area contributed by atoms with Crippen LogP contribution in [0.5, 0.6) is 17.2 Å². The molecule has 0 bridgehead atoms. The van der Waals surface area contributed by atoms with Crippen molar-refractivity contribution in [2.75, 3.05) is 47.1 Å². The minimum Gasteiger partial charge on any atom is -0.493 e. The number of ether oxygens (including phenoxy) is 3.